The minimum atomic E-state index is -0.0971. The number of anilines is 3. The number of hydrazine groups is 1. The quantitative estimate of drug-likeness (QED) is 0.385. The van der Waals surface area contributed by atoms with E-state index in [0.717, 1.165) is 5.52 Å². The minimum Gasteiger partial charge on any atom is -0.497 e. The number of para-hydroxylation sites is 1. The van der Waals surface area contributed by atoms with Crippen molar-refractivity contribution in [2.75, 3.05) is 37.0 Å². The Balaban J connectivity index is 0.00000167. The topological polar surface area (TPSA) is 104 Å². The number of nitrogens with zero attached hydrogens (tertiary/aromatic N) is 3. The molecular weight excluding hydrogens is 468 g/mol. The van der Waals surface area contributed by atoms with Gasteiger partial charge >= 0.3 is 0 Å². The van der Waals surface area contributed by atoms with Crippen LogP contribution in [0.25, 0.3) is 10.9 Å². The van der Waals surface area contributed by atoms with Crippen LogP contribution in [0.2, 0.25) is 0 Å². The SMILES string of the molecule is CC.COC1=CCC(Cl)=C(Oc2cc(NNc3cc(=O)c4ccccc4[nH]3)nc(N(C)C)n2)C=C1. The zero-order valence-corrected chi connectivity index (χ0v) is 21.1. The first-order valence-electron chi connectivity index (χ1n) is 11.1. The van der Waals surface area contributed by atoms with E-state index in [0.29, 0.717) is 51.8 Å². The first kappa shape index (κ1) is 25.6. The highest BCUT2D eigenvalue weighted by atomic mass is 35.5. The Morgan fingerprint density at radius 3 is 2.60 bits per heavy atom. The van der Waals surface area contributed by atoms with Gasteiger partial charge in [-0.1, -0.05) is 37.6 Å². The molecule has 9 nitrogen and oxygen atoms in total. The molecule has 0 radical (unpaired) electrons. The summed E-state index contributed by atoms with van der Waals surface area (Å²) < 4.78 is 11.2. The molecule has 0 aliphatic heterocycles. The average Bonchev–Trinajstić information content (AvgIpc) is 3.05. The predicted octanol–water partition coefficient (Wildman–Crippen LogP) is 5.17. The van der Waals surface area contributed by atoms with E-state index in [2.05, 4.69) is 25.8 Å². The zero-order valence-electron chi connectivity index (χ0n) is 20.3. The lowest BCUT2D eigenvalue weighted by molar-refractivity contribution is 0.305. The van der Waals surface area contributed by atoms with Gasteiger partial charge in [0.15, 0.2) is 11.2 Å². The molecule has 184 valence electrons. The highest BCUT2D eigenvalue weighted by Gasteiger charge is 2.13. The predicted molar refractivity (Wildman–Crippen MR) is 142 cm³/mol. The molecular formula is C25H29ClN6O3. The van der Waals surface area contributed by atoms with Gasteiger partial charge in [-0.15, -0.1) is 0 Å². The number of nitrogens with one attached hydrogen (secondary N) is 3. The maximum absolute atomic E-state index is 12.4. The Morgan fingerprint density at radius 1 is 1.09 bits per heavy atom. The number of fused-ring (bicyclic) bond motifs is 1. The number of ether oxygens (including phenoxy) is 2. The van der Waals surface area contributed by atoms with Crippen LogP contribution in [-0.4, -0.2) is 36.2 Å². The summed E-state index contributed by atoms with van der Waals surface area (Å²) in [6.45, 7) is 4.00. The second kappa shape index (κ2) is 11.9. The molecule has 3 aromatic rings. The molecule has 0 atom stereocenters. The molecule has 0 amide bonds. The second-order valence-electron chi connectivity index (χ2n) is 7.35. The van der Waals surface area contributed by atoms with Gasteiger partial charge in [-0.2, -0.15) is 9.97 Å². The lowest BCUT2D eigenvalue weighted by Crippen LogP contribution is -2.18. The highest BCUT2D eigenvalue weighted by molar-refractivity contribution is 6.30. The highest BCUT2D eigenvalue weighted by Crippen LogP contribution is 2.26. The average molecular weight is 497 g/mol. The molecule has 0 unspecified atom stereocenters. The Hall–Kier alpha value is -3.98. The van der Waals surface area contributed by atoms with E-state index in [1.54, 1.807) is 36.3 Å². The van der Waals surface area contributed by atoms with E-state index in [9.17, 15) is 4.79 Å². The number of rotatable bonds is 7. The van der Waals surface area contributed by atoms with Crippen molar-refractivity contribution in [1.29, 1.82) is 0 Å². The van der Waals surface area contributed by atoms with Crippen molar-refractivity contribution < 1.29 is 9.47 Å². The fraction of sp³-hybridized carbons (Fsp3) is 0.240. The number of allylic oxidation sites excluding steroid dienone is 4. The number of benzene rings is 1. The van der Waals surface area contributed by atoms with Crippen molar-refractivity contribution in [2.24, 2.45) is 0 Å². The van der Waals surface area contributed by atoms with Gasteiger partial charge in [0.25, 0.3) is 0 Å². The molecule has 1 aliphatic rings. The number of pyridine rings is 1. The normalized spacial score (nSPS) is 12.8. The van der Waals surface area contributed by atoms with Crippen LogP contribution in [0.4, 0.5) is 17.6 Å². The largest absolute Gasteiger partial charge is 0.497 e. The Kier molecular flexibility index (Phi) is 8.74. The van der Waals surface area contributed by atoms with Crippen LogP contribution < -0.4 is 25.9 Å². The second-order valence-corrected chi connectivity index (χ2v) is 7.80. The fourth-order valence-electron chi connectivity index (χ4n) is 3.09. The summed E-state index contributed by atoms with van der Waals surface area (Å²) in [5, 5.41) is 1.13. The molecule has 0 bridgehead atoms. The van der Waals surface area contributed by atoms with Gasteiger partial charge in [0, 0.05) is 38.0 Å². The van der Waals surface area contributed by atoms with Crippen LogP contribution in [0.3, 0.4) is 0 Å². The number of methoxy groups -OCH3 is 1. The zero-order chi connectivity index (χ0) is 25.4. The molecule has 1 aliphatic carbocycles. The first-order valence-corrected chi connectivity index (χ1v) is 11.5. The molecule has 1 aromatic carbocycles. The van der Waals surface area contributed by atoms with E-state index < -0.39 is 0 Å². The van der Waals surface area contributed by atoms with Crippen molar-refractivity contribution in [3.05, 3.63) is 81.4 Å². The van der Waals surface area contributed by atoms with Crippen molar-refractivity contribution in [3.8, 4) is 5.88 Å². The van der Waals surface area contributed by atoms with Gasteiger partial charge in [-0.05, 0) is 30.4 Å². The molecule has 2 heterocycles. The van der Waals surface area contributed by atoms with Gasteiger partial charge in [-0.25, -0.2) is 0 Å². The summed E-state index contributed by atoms with van der Waals surface area (Å²) in [4.78, 5) is 26.2. The third-order valence-corrected chi connectivity index (χ3v) is 5.09. The molecule has 0 saturated heterocycles. The number of H-pyrrole nitrogens is 1. The molecule has 0 spiro atoms. The van der Waals surface area contributed by atoms with Crippen LogP contribution in [0.15, 0.2) is 76.0 Å². The lowest BCUT2D eigenvalue weighted by atomic mass is 10.2. The summed E-state index contributed by atoms with van der Waals surface area (Å²) in [6, 6.07) is 10.4. The maximum atomic E-state index is 12.4. The maximum Gasteiger partial charge on any atom is 0.230 e. The number of aromatic amines is 1. The van der Waals surface area contributed by atoms with Crippen molar-refractivity contribution >= 4 is 40.1 Å². The van der Waals surface area contributed by atoms with Gasteiger partial charge in [0.2, 0.25) is 11.8 Å². The lowest BCUT2D eigenvalue weighted by Gasteiger charge is -2.16. The third-order valence-electron chi connectivity index (χ3n) is 4.75. The summed E-state index contributed by atoms with van der Waals surface area (Å²) in [7, 11) is 5.24. The van der Waals surface area contributed by atoms with E-state index in [-0.39, 0.29) is 5.43 Å². The van der Waals surface area contributed by atoms with E-state index in [4.69, 9.17) is 21.1 Å². The number of hydrogen-bond donors (Lipinski definition) is 3. The molecule has 35 heavy (non-hydrogen) atoms. The van der Waals surface area contributed by atoms with Gasteiger partial charge in [-0.3, -0.25) is 15.6 Å². The number of halogens is 1. The summed E-state index contributed by atoms with van der Waals surface area (Å²) in [6.07, 6.45) is 5.84. The van der Waals surface area contributed by atoms with Crippen LogP contribution in [0, 0.1) is 0 Å². The Morgan fingerprint density at radius 2 is 1.86 bits per heavy atom. The smallest absolute Gasteiger partial charge is 0.230 e. The summed E-state index contributed by atoms with van der Waals surface area (Å²) in [5.74, 6) is 2.79. The van der Waals surface area contributed by atoms with E-state index in [1.165, 1.54) is 6.07 Å². The standard InChI is InChI=1S/C23H23ClN6O3.C2H6/c1-30(2)23-26-21(29-28-20-12-18(31)15-6-4-5-7-17(15)25-20)13-22(27-23)33-19-11-9-14(32-3)8-10-16(19)24;1-2/h4-9,11-13H,10H2,1-3H3,(H2,25,28,31)(H,26,27,29);1-2H3. The number of hydrogen-bond acceptors (Lipinski definition) is 8. The van der Waals surface area contributed by atoms with Gasteiger partial charge < -0.3 is 19.4 Å². The minimum absolute atomic E-state index is 0.0971. The van der Waals surface area contributed by atoms with Gasteiger partial charge in [0.1, 0.15) is 17.3 Å². The Bertz CT molecular complexity index is 1330. The summed E-state index contributed by atoms with van der Waals surface area (Å²) >= 11 is 6.39. The third kappa shape index (κ3) is 6.54. The molecule has 0 saturated carbocycles. The Labute approximate surface area is 209 Å². The van der Waals surface area contributed by atoms with Crippen LogP contribution in [-0.2, 0) is 4.74 Å². The molecule has 3 N–H and O–H groups in total. The first-order chi connectivity index (χ1) is 16.9. The van der Waals surface area contributed by atoms with E-state index in [1.807, 2.05) is 52.2 Å². The molecule has 10 heteroatoms. The number of aromatic nitrogens is 3. The van der Waals surface area contributed by atoms with Crippen molar-refractivity contribution in [2.45, 2.75) is 20.3 Å². The van der Waals surface area contributed by atoms with Crippen molar-refractivity contribution in [3.63, 3.8) is 0 Å². The molecule has 4 rings (SSSR count). The monoisotopic (exact) mass is 496 g/mol. The van der Waals surface area contributed by atoms with Crippen LogP contribution >= 0.6 is 11.6 Å². The van der Waals surface area contributed by atoms with E-state index >= 15 is 0 Å². The van der Waals surface area contributed by atoms with Gasteiger partial charge in [0.05, 0.1) is 17.7 Å². The van der Waals surface area contributed by atoms with Crippen molar-refractivity contribution in [1.82, 2.24) is 15.0 Å². The molecule has 2 aromatic heterocycles. The van der Waals surface area contributed by atoms with Crippen LogP contribution in [0.1, 0.15) is 20.3 Å². The fourth-order valence-corrected chi connectivity index (χ4v) is 3.26. The summed E-state index contributed by atoms with van der Waals surface area (Å²) in [5.41, 5.74) is 6.59. The molecule has 0 fully saturated rings. The van der Waals surface area contributed by atoms with Crippen LogP contribution in [0.5, 0.6) is 5.88 Å².